The molecule has 0 radical (unpaired) electrons. The molecule has 0 aliphatic carbocycles. The predicted octanol–water partition coefficient (Wildman–Crippen LogP) is -1.12. The Labute approximate surface area is 127 Å². The highest BCUT2D eigenvalue weighted by atomic mass is 16.7. The van der Waals surface area contributed by atoms with E-state index in [9.17, 15) is 15.3 Å². The molecular formula is C14H20O8. The van der Waals surface area contributed by atoms with Crippen LogP contribution in [0.3, 0.4) is 0 Å². The van der Waals surface area contributed by atoms with Gasteiger partial charge in [0.05, 0.1) is 20.8 Å². The summed E-state index contributed by atoms with van der Waals surface area (Å²) in [7, 11) is 2.96. The zero-order valence-corrected chi connectivity index (χ0v) is 12.2. The van der Waals surface area contributed by atoms with E-state index < -0.39 is 37.3 Å². The van der Waals surface area contributed by atoms with Gasteiger partial charge in [-0.05, 0) is 12.1 Å². The number of methoxy groups -OCH3 is 2. The molecule has 5 atom stereocenters. The van der Waals surface area contributed by atoms with Crippen molar-refractivity contribution in [2.75, 3.05) is 20.8 Å². The molecule has 8 heteroatoms. The fourth-order valence-electron chi connectivity index (χ4n) is 2.19. The van der Waals surface area contributed by atoms with Gasteiger partial charge in [0.15, 0.2) is 11.5 Å². The lowest BCUT2D eigenvalue weighted by Gasteiger charge is -2.39. The van der Waals surface area contributed by atoms with Crippen LogP contribution in [0.25, 0.3) is 0 Å². The first-order valence-corrected chi connectivity index (χ1v) is 6.71. The molecule has 0 saturated carbocycles. The number of hydrogen-bond acceptors (Lipinski definition) is 8. The van der Waals surface area contributed by atoms with Crippen molar-refractivity contribution in [3.05, 3.63) is 18.2 Å². The van der Waals surface area contributed by atoms with Crippen LogP contribution in [-0.4, -0.2) is 72.0 Å². The first-order chi connectivity index (χ1) is 10.5. The Morgan fingerprint density at radius 3 is 2.27 bits per heavy atom. The van der Waals surface area contributed by atoms with Gasteiger partial charge in [0.1, 0.15) is 30.2 Å². The third kappa shape index (κ3) is 3.26. The number of aliphatic hydroxyl groups is 4. The second kappa shape index (κ2) is 7.12. The van der Waals surface area contributed by atoms with Crippen LogP contribution in [0.2, 0.25) is 0 Å². The Kier molecular flexibility index (Phi) is 5.43. The van der Waals surface area contributed by atoms with E-state index >= 15 is 0 Å². The van der Waals surface area contributed by atoms with Crippen molar-refractivity contribution < 1.29 is 39.4 Å². The number of benzene rings is 1. The smallest absolute Gasteiger partial charge is 0.229 e. The fourth-order valence-corrected chi connectivity index (χ4v) is 2.19. The van der Waals surface area contributed by atoms with Gasteiger partial charge < -0.3 is 39.4 Å². The summed E-state index contributed by atoms with van der Waals surface area (Å²) in [5.41, 5.74) is 0. The zero-order valence-electron chi connectivity index (χ0n) is 12.2. The molecule has 1 heterocycles. The van der Waals surface area contributed by atoms with Crippen LogP contribution in [0.15, 0.2) is 18.2 Å². The van der Waals surface area contributed by atoms with E-state index in [1.807, 2.05) is 0 Å². The summed E-state index contributed by atoms with van der Waals surface area (Å²) in [6.07, 6.45) is -6.65. The Morgan fingerprint density at radius 1 is 1.00 bits per heavy atom. The van der Waals surface area contributed by atoms with Crippen LogP contribution >= 0.6 is 0 Å². The Bertz CT molecular complexity index is 492. The minimum atomic E-state index is -1.49. The van der Waals surface area contributed by atoms with Crippen molar-refractivity contribution in [2.24, 2.45) is 0 Å². The molecule has 1 saturated heterocycles. The van der Waals surface area contributed by atoms with Gasteiger partial charge in [0.25, 0.3) is 0 Å². The number of rotatable bonds is 5. The molecule has 124 valence electrons. The fraction of sp³-hybridized carbons (Fsp3) is 0.571. The van der Waals surface area contributed by atoms with Crippen LogP contribution in [0.4, 0.5) is 0 Å². The molecule has 0 spiro atoms. The summed E-state index contributed by atoms with van der Waals surface area (Å²) in [6, 6.07) is 4.71. The topological polar surface area (TPSA) is 118 Å². The third-order valence-electron chi connectivity index (χ3n) is 3.46. The van der Waals surface area contributed by atoms with E-state index in [0.29, 0.717) is 17.2 Å². The molecule has 1 aromatic rings. The van der Waals surface area contributed by atoms with Crippen molar-refractivity contribution in [3.8, 4) is 17.2 Å². The summed E-state index contributed by atoms with van der Waals surface area (Å²) < 4.78 is 21.0. The predicted molar refractivity (Wildman–Crippen MR) is 73.9 cm³/mol. The average Bonchev–Trinajstić information content (AvgIpc) is 2.55. The molecule has 8 nitrogen and oxygen atoms in total. The van der Waals surface area contributed by atoms with Crippen molar-refractivity contribution >= 4 is 0 Å². The van der Waals surface area contributed by atoms with Gasteiger partial charge in [-0.15, -0.1) is 0 Å². The molecule has 1 aromatic carbocycles. The largest absolute Gasteiger partial charge is 0.493 e. The first kappa shape index (κ1) is 16.8. The van der Waals surface area contributed by atoms with E-state index in [-0.39, 0.29) is 0 Å². The van der Waals surface area contributed by atoms with Crippen molar-refractivity contribution in [1.82, 2.24) is 0 Å². The van der Waals surface area contributed by atoms with E-state index in [4.69, 9.17) is 24.1 Å². The summed E-state index contributed by atoms with van der Waals surface area (Å²) in [4.78, 5) is 0. The second-order valence-corrected chi connectivity index (χ2v) is 4.83. The molecule has 22 heavy (non-hydrogen) atoms. The highest BCUT2D eigenvalue weighted by Crippen LogP contribution is 2.32. The standard InChI is InChI=1S/C14H20O8/c1-19-8-4-3-7(5-9(8)20-2)21-14-13(18)12(17)11(16)10(6-15)22-14/h3-5,10-18H,6H2,1-2H3/t10-,11-,12-,13-,14-/m1/s1. The zero-order chi connectivity index (χ0) is 16.3. The van der Waals surface area contributed by atoms with Crippen molar-refractivity contribution in [3.63, 3.8) is 0 Å². The molecular weight excluding hydrogens is 296 g/mol. The maximum atomic E-state index is 9.91. The van der Waals surface area contributed by atoms with E-state index in [1.165, 1.54) is 20.3 Å². The van der Waals surface area contributed by atoms with Gasteiger partial charge in [0.2, 0.25) is 6.29 Å². The maximum absolute atomic E-state index is 9.91. The monoisotopic (exact) mass is 316 g/mol. The first-order valence-electron chi connectivity index (χ1n) is 6.71. The van der Waals surface area contributed by atoms with Crippen LogP contribution in [0.1, 0.15) is 0 Å². The Hall–Kier alpha value is -1.58. The highest BCUT2D eigenvalue weighted by Gasteiger charge is 2.44. The lowest BCUT2D eigenvalue weighted by molar-refractivity contribution is -0.277. The maximum Gasteiger partial charge on any atom is 0.229 e. The minimum absolute atomic E-state index is 0.307. The molecule has 1 aliphatic heterocycles. The molecule has 4 N–H and O–H groups in total. The molecule has 0 unspecified atom stereocenters. The SMILES string of the molecule is COc1ccc(O[C@@H]2O[C@H](CO)[C@@H](O)[C@@H](O)[C@H]2O)cc1OC. The molecule has 1 fully saturated rings. The number of aliphatic hydroxyl groups excluding tert-OH is 4. The Balaban J connectivity index is 2.15. The van der Waals surface area contributed by atoms with Crippen LogP contribution in [0.5, 0.6) is 17.2 Å². The molecule has 0 amide bonds. The van der Waals surface area contributed by atoms with E-state index in [1.54, 1.807) is 12.1 Å². The highest BCUT2D eigenvalue weighted by molar-refractivity contribution is 5.45. The summed E-state index contributed by atoms with van der Waals surface area (Å²) in [5, 5.41) is 38.5. The van der Waals surface area contributed by atoms with Gasteiger partial charge in [0, 0.05) is 6.07 Å². The second-order valence-electron chi connectivity index (χ2n) is 4.83. The van der Waals surface area contributed by atoms with Crippen molar-refractivity contribution in [1.29, 1.82) is 0 Å². The molecule has 0 aromatic heterocycles. The lowest BCUT2D eigenvalue weighted by atomic mass is 9.99. The van der Waals surface area contributed by atoms with Crippen molar-refractivity contribution in [2.45, 2.75) is 30.7 Å². The molecule has 1 aliphatic rings. The average molecular weight is 316 g/mol. The summed E-state index contributed by atoms with van der Waals surface area (Å²) in [6.45, 7) is -0.517. The van der Waals surface area contributed by atoms with Gasteiger partial charge >= 0.3 is 0 Å². The van der Waals surface area contributed by atoms with Crippen LogP contribution in [0, 0.1) is 0 Å². The number of ether oxygens (including phenoxy) is 4. The normalized spacial score (nSPS) is 31.6. The quantitative estimate of drug-likeness (QED) is 0.540. The van der Waals surface area contributed by atoms with Gasteiger partial charge in [-0.1, -0.05) is 0 Å². The van der Waals surface area contributed by atoms with Gasteiger partial charge in [-0.25, -0.2) is 0 Å². The number of hydrogen-bond donors (Lipinski definition) is 4. The van der Waals surface area contributed by atoms with Gasteiger partial charge in [-0.3, -0.25) is 0 Å². The lowest BCUT2D eigenvalue weighted by Crippen LogP contribution is -2.60. The molecule has 2 rings (SSSR count). The third-order valence-corrected chi connectivity index (χ3v) is 3.46. The minimum Gasteiger partial charge on any atom is -0.493 e. The van der Waals surface area contributed by atoms with E-state index in [2.05, 4.69) is 0 Å². The molecule has 0 bridgehead atoms. The Morgan fingerprint density at radius 2 is 1.68 bits per heavy atom. The van der Waals surface area contributed by atoms with Crippen LogP contribution in [-0.2, 0) is 4.74 Å². The summed E-state index contributed by atoms with van der Waals surface area (Å²) in [5.74, 6) is 1.23. The summed E-state index contributed by atoms with van der Waals surface area (Å²) >= 11 is 0. The van der Waals surface area contributed by atoms with Crippen LogP contribution < -0.4 is 14.2 Å². The van der Waals surface area contributed by atoms with Gasteiger partial charge in [-0.2, -0.15) is 0 Å². The van der Waals surface area contributed by atoms with E-state index in [0.717, 1.165) is 0 Å².